The lowest BCUT2D eigenvalue weighted by molar-refractivity contribution is 0.272. The van der Waals surface area contributed by atoms with Crippen molar-refractivity contribution in [1.82, 2.24) is 4.90 Å². The Morgan fingerprint density at radius 3 is 2.00 bits per heavy atom. The van der Waals surface area contributed by atoms with Gasteiger partial charge >= 0.3 is 0 Å². The molecule has 0 aromatic rings. The molecule has 1 aliphatic heterocycles. The summed E-state index contributed by atoms with van der Waals surface area (Å²) in [5, 5.41) is 0. The smallest absolute Gasteiger partial charge is 0.00138 e. The molecule has 1 heterocycles. The fourth-order valence-electron chi connectivity index (χ4n) is 2.56. The maximum atomic E-state index is 2.56. The summed E-state index contributed by atoms with van der Waals surface area (Å²) < 4.78 is 0. The van der Waals surface area contributed by atoms with Crippen LogP contribution in [0.5, 0.6) is 0 Å². The van der Waals surface area contributed by atoms with E-state index in [0.717, 1.165) is 11.8 Å². The van der Waals surface area contributed by atoms with Crippen LogP contribution >= 0.6 is 0 Å². The Balaban J connectivity index is 0.000000341. The molecule has 0 amide bonds. The maximum absolute atomic E-state index is 2.56. The van der Waals surface area contributed by atoms with Gasteiger partial charge in [0.15, 0.2) is 0 Å². The van der Waals surface area contributed by atoms with E-state index in [2.05, 4.69) is 39.5 Å². The Morgan fingerprint density at radius 1 is 1.05 bits per heavy atom. The predicted molar refractivity (Wildman–Crippen MR) is 88.7 cm³/mol. The van der Waals surface area contributed by atoms with E-state index in [4.69, 9.17) is 0 Å². The highest BCUT2D eigenvalue weighted by atomic mass is 15.1. The molecule has 0 aromatic heterocycles. The first-order valence-electron chi connectivity index (χ1n) is 8.67. The van der Waals surface area contributed by atoms with Crippen LogP contribution in [0.15, 0.2) is 0 Å². The van der Waals surface area contributed by atoms with Gasteiger partial charge in [-0.2, -0.15) is 0 Å². The molecule has 1 heteroatoms. The fraction of sp³-hybridized carbons (Fsp3) is 1.00. The highest BCUT2D eigenvalue weighted by Crippen LogP contribution is 2.35. The lowest BCUT2D eigenvalue weighted by Gasteiger charge is -2.22. The average molecular weight is 270 g/mol. The molecule has 0 radical (unpaired) electrons. The van der Waals surface area contributed by atoms with Crippen LogP contribution in [0.25, 0.3) is 0 Å². The van der Waals surface area contributed by atoms with E-state index < -0.39 is 0 Å². The van der Waals surface area contributed by atoms with Crippen molar-refractivity contribution in [3.63, 3.8) is 0 Å². The first-order chi connectivity index (χ1) is 8.94. The second kappa shape index (κ2) is 9.80. The van der Waals surface area contributed by atoms with Crippen LogP contribution in [0, 0.1) is 17.3 Å². The Labute approximate surface area is 123 Å². The van der Waals surface area contributed by atoms with Crippen molar-refractivity contribution in [1.29, 1.82) is 0 Å². The molecule has 0 N–H and O–H groups in total. The molecule has 2 aliphatic rings. The molecule has 116 valence electrons. The van der Waals surface area contributed by atoms with Crippen LogP contribution in [0.1, 0.15) is 80.6 Å². The number of rotatable bonds is 2. The summed E-state index contributed by atoms with van der Waals surface area (Å²) in [7, 11) is 0. The summed E-state index contributed by atoms with van der Waals surface area (Å²) >= 11 is 0. The van der Waals surface area contributed by atoms with Crippen molar-refractivity contribution in [3.05, 3.63) is 0 Å². The van der Waals surface area contributed by atoms with E-state index >= 15 is 0 Å². The third-order valence-electron chi connectivity index (χ3n) is 4.44. The molecule has 2 fully saturated rings. The largest absolute Gasteiger partial charge is 0.304 e. The zero-order chi connectivity index (χ0) is 14.9. The number of nitrogens with zero attached hydrogens (tertiary/aromatic N) is 1. The van der Waals surface area contributed by atoms with Gasteiger partial charge in [0.05, 0.1) is 0 Å². The van der Waals surface area contributed by atoms with Crippen LogP contribution in [0.3, 0.4) is 0 Å². The lowest BCUT2D eigenvalue weighted by atomic mass is 9.85. The summed E-state index contributed by atoms with van der Waals surface area (Å²) in [6.45, 7) is 19.5. The monoisotopic (exact) mass is 269 g/mol. The summed E-state index contributed by atoms with van der Waals surface area (Å²) in [5.74, 6) is 2.06. The zero-order valence-corrected chi connectivity index (χ0v) is 14.8. The number of hydrogen-bond acceptors (Lipinski definition) is 1. The fourth-order valence-corrected chi connectivity index (χ4v) is 2.56. The van der Waals surface area contributed by atoms with Crippen molar-refractivity contribution in [2.75, 3.05) is 19.6 Å². The van der Waals surface area contributed by atoms with Gasteiger partial charge in [0.25, 0.3) is 0 Å². The highest BCUT2D eigenvalue weighted by Gasteiger charge is 2.24. The van der Waals surface area contributed by atoms with Crippen LogP contribution < -0.4 is 0 Å². The maximum Gasteiger partial charge on any atom is -0.00138 e. The van der Waals surface area contributed by atoms with Crippen LogP contribution in [-0.2, 0) is 0 Å². The minimum atomic E-state index is 0.601. The van der Waals surface area contributed by atoms with Gasteiger partial charge in [-0.1, -0.05) is 48.5 Å². The van der Waals surface area contributed by atoms with Gasteiger partial charge < -0.3 is 4.90 Å². The van der Waals surface area contributed by atoms with Crippen LogP contribution in [-0.4, -0.2) is 24.5 Å². The number of likely N-dealkylation sites (tertiary alicyclic amines) is 1. The molecule has 19 heavy (non-hydrogen) atoms. The second-order valence-electron chi connectivity index (χ2n) is 7.03. The van der Waals surface area contributed by atoms with Gasteiger partial charge in [-0.3, -0.25) is 0 Å². The van der Waals surface area contributed by atoms with Crippen molar-refractivity contribution in [2.45, 2.75) is 80.6 Å². The van der Waals surface area contributed by atoms with Crippen LogP contribution in [0.2, 0.25) is 0 Å². The molecule has 0 aromatic carbocycles. The molecular weight excluding hydrogens is 230 g/mol. The minimum Gasteiger partial charge on any atom is -0.304 e. The van der Waals surface area contributed by atoms with Gasteiger partial charge in [-0.05, 0) is 69.0 Å². The standard InChI is InChI=1S/C10H21N.C6H12.C2H6/c1-4-11-8-5-6-10(2,3)7-9-11;1-5(2)6-3-4-6;1-2/h4-9H2,1-3H3;5-6H,3-4H2,1-2H3;1-2H3. The quantitative estimate of drug-likeness (QED) is 0.631. The Kier molecular flexibility index (Phi) is 9.78. The molecule has 1 saturated carbocycles. The van der Waals surface area contributed by atoms with E-state index in [0.29, 0.717) is 5.41 Å². The predicted octanol–water partition coefficient (Wildman–Crippen LogP) is 5.60. The summed E-state index contributed by atoms with van der Waals surface area (Å²) in [4.78, 5) is 2.56. The SMILES string of the molecule is CC.CC(C)C1CC1.CCN1CCCC(C)(C)CC1. The second-order valence-corrected chi connectivity index (χ2v) is 7.03. The molecule has 0 unspecified atom stereocenters. The van der Waals surface area contributed by atoms with E-state index in [-0.39, 0.29) is 0 Å². The highest BCUT2D eigenvalue weighted by molar-refractivity contribution is 4.75. The van der Waals surface area contributed by atoms with Crippen molar-refractivity contribution in [3.8, 4) is 0 Å². The van der Waals surface area contributed by atoms with Gasteiger partial charge in [-0.25, -0.2) is 0 Å². The normalized spacial score (nSPS) is 22.7. The molecule has 1 aliphatic carbocycles. The Morgan fingerprint density at radius 2 is 1.63 bits per heavy atom. The first-order valence-corrected chi connectivity index (χ1v) is 8.67. The minimum absolute atomic E-state index is 0.601. The average Bonchev–Trinajstić information content (AvgIpc) is 3.20. The lowest BCUT2D eigenvalue weighted by Crippen LogP contribution is -2.24. The summed E-state index contributed by atoms with van der Waals surface area (Å²) in [6.07, 6.45) is 7.17. The van der Waals surface area contributed by atoms with Crippen LogP contribution in [0.4, 0.5) is 0 Å². The Hall–Kier alpha value is -0.0400. The topological polar surface area (TPSA) is 3.24 Å². The third-order valence-corrected chi connectivity index (χ3v) is 4.44. The number of hydrogen-bond donors (Lipinski definition) is 0. The van der Waals surface area contributed by atoms with E-state index in [1.807, 2.05) is 13.8 Å². The van der Waals surface area contributed by atoms with Gasteiger partial charge in [0.2, 0.25) is 0 Å². The van der Waals surface area contributed by atoms with Gasteiger partial charge in [-0.15, -0.1) is 0 Å². The Bertz CT molecular complexity index is 204. The van der Waals surface area contributed by atoms with Crippen molar-refractivity contribution < 1.29 is 0 Å². The molecule has 2 rings (SSSR count). The first kappa shape index (κ1) is 19.0. The van der Waals surface area contributed by atoms with E-state index in [1.165, 1.54) is 51.7 Å². The van der Waals surface area contributed by atoms with E-state index in [1.54, 1.807) is 0 Å². The van der Waals surface area contributed by atoms with E-state index in [9.17, 15) is 0 Å². The molecule has 1 nitrogen and oxygen atoms in total. The van der Waals surface area contributed by atoms with Crippen molar-refractivity contribution >= 4 is 0 Å². The van der Waals surface area contributed by atoms with Crippen molar-refractivity contribution in [2.24, 2.45) is 17.3 Å². The molecular formula is C18H39N. The molecule has 0 atom stereocenters. The van der Waals surface area contributed by atoms with Gasteiger partial charge in [0.1, 0.15) is 0 Å². The zero-order valence-electron chi connectivity index (χ0n) is 14.8. The van der Waals surface area contributed by atoms with Gasteiger partial charge in [0, 0.05) is 0 Å². The molecule has 1 saturated heterocycles. The third kappa shape index (κ3) is 9.49. The molecule has 0 spiro atoms. The summed E-state index contributed by atoms with van der Waals surface area (Å²) in [6, 6.07) is 0. The summed E-state index contributed by atoms with van der Waals surface area (Å²) in [5.41, 5.74) is 0.601. The molecule has 0 bridgehead atoms.